The largest absolute Gasteiger partial charge is 0.486 e. The van der Waals surface area contributed by atoms with Gasteiger partial charge in [0.15, 0.2) is 11.5 Å². The van der Waals surface area contributed by atoms with Gasteiger partial charge in [0.1, 0.15) is 12.4 Å². The number of carbonyl (C=O) groups excluding carboxylic acids is 2. The molecule has 1 aliphatic carbocycles. The van der Waals surface area contributed by atoms with E-state index in [0.717, 1.165) is 18.5 Å². The summed E-state index contributed by atoms with van der Waals surface area (Å²) in [5, 5.41) is 9.46. The van der Waals surface area contributed by atoms with Crippen LogP contribution in [-0.4, -0.2) is 23.0 Å². The van der Waals surface area contributed by atoms with Gasteiger partial charge in [-0.1, -0.05) is 19.0 Å². The van der Waals surface area contributed by atoms with E-state index in [0.29, 0.717) is 23.8 Å². The van der Waals surface area contributed by atoms with Gasteiger partial charge in [0.05, 0.1) is 0 Å². The van der Waals surface area contributed by atoms with E-state index in [-0.39, 0.29) is 30.2 Å². The number of benzene rings is 1. The smallest absolute Gasteiger partial charge is 0.273 e. The fourth-order valence-electron chi connectivity index (χ4n) is 2.35. The zero-order chi connectivity index (χ0) is 18.5. The third-order valence-corrected chi connectivity index (χ3v) is 3.82. The van der Waals surface area contributed by atoms with E-state index >= 15 is 0 Å². The Morgan fingerprint density at radius 2 is 2.00 bits per heavy atom. The maximum absolute atomic E-state index is 11.9. The van der Waals surface area contributed by atoms with Crippen LogP contribution in [0.1, 0.15) is 49.4 Å². The van der Waals surface area contributed by atoms with Crippen LogP contribution in [0, 0.1) is 5.92 Å². The van der Waals surface area contributed by atoms with Crippen LogP contribution in [0.3, 0.4) is 0 Å². The van der Waals surface area contributed by atoms with Crippen LogP contribution < -0.4 is 15.4 Å². The molecule has 1 aliphatic rings. The number of nitrogens with one attached hydrogen (secondary N) is 2. The fraction of sp³-hybridized carbons (Fsp3) is 0.421. The van der Waals surface area contributed by atoms with E-state index in [4.69, 9.17) is 9.26 Å². The molecule has 2 amide bonds. The average Bonchev–Trinajstić information content (AvgIpc) is 3.27. The molecule has 1 aromatic carbocycles. The van der Waals surface area contributed by atoms with Crippen molar-refractivity contribution in [3.05, 3.63) is 41.8 Å². The lowest BCUT2D eigenvalue weighted by molar-refractivity contribution is -0.116. The van der Waals surface area contributed by atoms with Gasteiger partial charge < -0.3 is 19.9 Å². The number of carbonyl (C=O) groups is 2. The van der Waals surface area contributed by atoms with Crippen molar-refractivity contribution < 1.29 is 18.8 Å². The van der Waals surface area contributed by atoms with Crippen molar-refractivity contribution in [3.8, 4) is 5.75 Å². The quantitative estimate of drug-likeness (QED) is 0.757. The molecular formula is C19H23N3O4. The van der Waals surface area contributed by atoms with Gasteiger partial charge in [-0.05, 0) is 43.0 Å². The molecule has 138 valence electrons. The topological polar surface area (TPSA) is 93.5 Å². The van der Waals surface area contributed by atoms with Crippen molar-refractivity contribution in [1.82, 2.24) is 10.5 Å². The van der Waals surface area contributed by atoms with Crippen LogP contribution in [0.2, 0.25) is 0 Å². The summed E-state index contributed by atoms with van der Waals surface area (Å²) < 4.78 is 10.8. The van der Waals surface area contributed by atoms with Crippen LogP contribution >= 0.6 is 0 Å². The molecule has 2 aromatic rings. The summed E-state index contributed by atoms with van der Waals surface area (Å²) >= 11 is 0. The fourth-order valence-corrected chi connectivity index (χ4v) is 2.35. The minimum Gasteiger partial charge on any atom is -0.486 e. The third kappa shape index (κ3) is 5.34. The molecule has 0 spiro atoms. The Morgan fingerprint density at radius 3 is 2.65 bits per heavy atom. The Kier molecular flexibility index (Phi) is 5.55. The first-order valence-electron chi connectivity index (χ1n) is 8.79. The number of hydrogen-bond donors (Lipinski definition) is 2. The Morgan fingerprint density at radius 1 is 1.27 bits per heavy atom. The molecule has 0 unspecified atom stereocenters. The minimum absolute atomic E-state index is 0.00710. The first-order valence-corrected chi connectivity index (χ1v) is 8.79. The van der Waals surface area contributed by atoms with E-state index in [2.05, 4.69) is 15.8 Å². The lowest BCUT2D eigenvalue weighted by Gasteiger charge is -2.08. The molecular weight excluding hydrogens is 334 g/mol. The molecule has 0 saturated heterocycles. The number of anilines is 1. The van der Waals surface area contributed by atoms with E-state index in [9.17, 15) is 9.59 Å². The summed E-state index contributed by atoms with van der Waals surface area (Å²) in [4.78, 5) is 23.6. The van der Waals surface area contributed by atoms with Crippen LogP contribution in [0.5, 0.6) is 5.75 Å². The Bertz CT molecular complexity index is 763. The summed E-state index contributed by atoms with van der Waals surface area (Å²) in [5.41, 5.74) is 0.986. The minimum atomic E-state index is -0.219. The number of nitrogens with zero attached hydrogens (tertiary/aromatic N) is 1. The number of amides is 2. The second kappa shape index (κ2) is 8.03. The predicted octanol–water partition coefficient (Wildman–Crippen LogP) is 3.13. The van der Waals surface area contributed by atoms with Crippen LogP contribution in [-0.2, 0) is 11.4 Å². The molecule has 2 N–H and O–H groups in total. The van der Waals surface area contributed by atoms with Crippen molar-refractivity contribution in [2.45, 2.75) is 45.8 Å². The Hall–Kier alpha value is -2.83. The van der Waals surface area contributed by atoms with Gasteiger partial charge in [-0.3, -0.25) is 9.59 Å². The standard InChI is InChI=1S/C19H23N3O4/c1-12(2)9-18(23)20-13-5-7-15(8-6-13)25-11-16-10-17(22-26-16)19(24)21-14-3-4-14/h5-8,10,12,14H,3-4,9,11H2,1-2H3,(H,20,23)(H,21,24). The van der Waals surface area contributed by atoms with Crippen molar-refractivity contribution in [2.24, 2.45) is 5.92 Å². The van der Waals surface area contributed by atoms with Gasteiger partial charge in [-0.15, -0.1) is 0 Å². The van der Waals surface area contributed by atoms with E-state index < -0.39 is 0 Å². The van der Waals surface area contributed by atoms with E-state index in [1.165, 1.54) is 0 Å². The van der Waals surface area contributed by atoms with Crippen LogP contribution in [0.15, 0.2) is 34.9 Å². The molecule has 3 rings (SSSR count). The van der Waals surface area contributed by atoms with Crippen molar-refractivity contribution in [1.29, 1.82) is 0 Å². The molecule has 0 atom stereocenters. The zero-order valence-corrected chi connectivity index (χ0v) is 15.0. The van der Waals surface area contributed by atoms with Crippen molar-refractivity contribution in [3.63, 3.8) is 0 Å². The summed E-state index contributed by atoms with van der Waals surface area (Å²) in [7, 11) is 0. The van der Waals surface area contributed by atoms with E-state index in [1.807, 2.05) is 13.8 Å². The highest BCUT2D eigenvalue weighted by Gasteiger charge is 2.25. The Balaban J connectivity index is 1.48. The molecule has 0 aliphatic heterocycles. The SMILES string of the molecule is CC(C)CC(=O)Nc1ccc(OCc2cc(C(=O)NC3CC3)no2)cc1. The third-order valence-electron chi connectivity index (χ3n) is 3.82. The molecule has 7 heteroatoms. The number of rotatable bonds is 8. The maximum Gasteiger partial charge on any atom is 0.273 e. The number of aromatic nitrogens is 1. The summed E-state index contributed by atoms with van der Waals surface area (Å²) in [6.07, 6.45) is 2.53. The monoisotopic (exact) mass is 357 g/mol. The lowest BCUT2D eigenvalue weighted by atomic mass is 10.1. The normalized spacial score (nSPS) is 13.5. The first-order chi connectivity index (χ1) is 12.5. The maximum atomic E-state index is 11.9. The van der Waals surface area contributed by atoms with Gasteiger partial charge in [-0.25, -0.2) is 0 Å². The molecule has 1 heterocycles. The lowest BCUT2D eigenvalue weighted by Crippen LogP contribution is -2.25. The molecule has 1 aromatic heterocycles. The summed E-state index contributed by atoms with van der Waals surface area (Å²) in [6, 6.07) is 8.95. The Labute approximate surface area is 152 Å². The van der Waals surface area contributed by atoms with E-state index in [1.54, 1.807) is 30.3 Å². The second-order valence-electron chi connectivity index (χ2n) is 6.89. The highest BCUT2D eigenvalue weighted by molar-refractivity contribution is 5.92. The average molecular weight is 357 g/mol. The zero-order valence-electron chi connectivity index (χ0n) is 15.0. The van der Waals surface area contributed by atoms with Crippen LogP contribution in [0.4, 0.5) is 5.69 Å². The highest BCUT2D eigenvalue weighted by atomic mass is 16.5. The first kappa shape index (κ1) is 18.0. The van der Waals surface area contributed by atoms with Gasteiger partial charge >= 0.3 is 0 Å². The highest BCUT2D eigenvalue weighted by Crippen LogP contribution is 2.20. The molecule has 26 heavy (non-hydrogen) atoms. The molecule has 0 bridgehead atoms. The molecule has 7 nitrogen and oxygen atoms in total. The predicted molar refractivity (Wildman–Crippen MR) is 95.8 cm³/mol. The van der Waals surface area contributed by atoms with Gasteiger partial charge in [0.25, 0.3) is 5.91 Å². The van der Waals surface area contributed by atoms with Crippen molar-refractivity contribution in [2.75, 3.05) is 5.32 Å². The van der Waals surface area contributed by atoms with Crippen LogP contribution in [0.25, 0.3) is 0 Å². The number of hydrogen-bond acceptors (Lipinski definition) is 5. The molecule has 1 fully saturated rings. The molecule has 1 saturated carbocycles. The summed E-state index contributed by atoms with van der Waals surface area (Å²) in [6.45, 7) is 4.17. The van der Waals surface area contributed by atoms with Gasteiger partial charge in [0, 0.05) is 24.2 Å². The van der Waals surface area contributed by atoms with Crippen molar-refractivity contribution >= 4 is 17.5 Å². The molecule has 0 radical (unpaired) electrons. The van der Waals surface area contributed by atoms with Gasteiger partial charge in [0.2, 0.25) is 5.91 Å². The summed E-state index contributed by atoms with van der Waals surface area (Å²) in [5.74, 6) is 1.19. The van der Waals surface area contributed by atoms with Gasteiger partial charge in [-0.2, -0.15) is 0 Å². The number of ether oxygens (including phenoxy) is 1. The second-order valence-corrected chi connectivity index (χ2v) is 6.89.